The zero-order valence-corrected chi connectivity index (χ0v) is 15.1. The third kappa shape index (κ3) is 5.47. The van der Waals surface area contributed by atoms with Gasteiger partial charge in [-0.15, -0.1) is 11.3 Å². The maximum Gasteiger partial charge on any atom is 0.189 e. The number of anilines is 1. The molecule has 24 heavy (non-hydrogen) atoms. The SMILES string of the molecule is CCN(C[C@H](C)O)C(=S)Nc1ncc(Cc2cc(F)cc(F)c2)s1. The lowest BCUT2D eigenvalue weighted by atomic mass is 10.1. The van der Waals surface area contributed by atoms with E-state index < -0.39 is 17.7 Å². The van der Waals surface area contributed by atoms with E-state index in [-0.39, 0.29) is 0 Å². The van der Waals surface area contributed by atoms with Gasteiger partial charge < -0.3 is 15.3 Å². The molecule has 0 spiro atoms. The predicted molar refractivity (Wildman–Crippen MR) is 96.4 cm³/mol. The first-order chi connectivity index (χ1) is 11.4. The average Bonchev–Trinajstić information content (AvgIpc) is 2.90. The molecule has 1 aromatic carbocycles. The Bertz CT molecular complexity index is 686. The molecule has 8 heteroatoms. The summed E-state index contributed by atoms with van der Waals surface area (Å²) in [7, 11) is 0. The summed E-state index contributed by atoms with van der Waals surface area (Å²) < 4.78 is 26.5. The molecule has 2 N–H and O–H groups in total. The number of aliphatic hydroxyl groups is 1. The Morgan fingerprint density at radius 2 is 2.04 bits per heavy atom. The molecule has 0 aliphatic carbocycles. The van der Waals surface area contributed by atoms with Crippen LogP contribution in [0.4, 0.5) is 13.9 Å². The lowest BCUT2D eigenvalue weighted by Gasteiger charge is -2.24. The number of aromatic nitrogens is 1. The Balaban J connectivity index is 2.01. The van der Waals surface area contributed by atoms with Crippen LogP contribution in [0.1, 0.15) is 24.3 Å². The van der Waals surface area contributed by atoms with Crippen molar-refractivity contribution in [2.45, 2.75) is 26.4 Å². The molecular formula is C16H19F2N3OS2. The normalized spacial score (nSPS) is 12.0. The van der Waals surface area contributed by atoms with Crippen LogP contribution in [0, 0.1) is 11.6 Å². The number of rotatable bonds is 6. The third-order valence-electron chi connectivity index (χ3n) is 3.22. The fourth-order valence-electron chi connectivity index (χ4n) is 2.21. The fraction of sp³-hybridized carbons (Fsp3) is 0.375. The van der Waals surface area contributed by atoms with Gasteiger partial charge in [0.05, 0.1) is 6.10 Å². The van der Waals surface area contributed by atoms with Crippen LogP contribution >= 0.6 is 23.6 Å². The maximum absolute atomic E-state index is 13.2. The van der Waals surface area contributed by atoms with Crippen LogP contribution in [0.3, 0.4) is 0 Å². The zero-order chi connectivity index (χ0) is 17.7. The van der Waals surface area contributed by atoms with Crippen LogP contribution < -0.4 is 5.32 Å². The second-order valence-corrected chi connectivity index (χ2v) is 6.91. The molecule has 2 aromatic rings. The molecular weight excluding hydrogens is 352 g/mol. The van der Waals surface area contributed by atoms with Gasteiger partial charge in [-0.1, -0.05) is 0 Å². The molecule has 2 rings (SSSR count). The molecule has 1 heterocycles. The number of halogens is 2. The molecule has 0 saturated heterocycles. The van der Waals surface area contributed by atoms with Crippen molar-refractivity contribution in [1.82, 2.24) is 9.88 Å². The van der Waals surface area contributed by atoms with E-state index in [4.69, 9.17) is 12.2 Å². The molecule has 0 amide bonds. The van der Waals surface area contributed by atoms with E-state index in [2.05, 4.69) is 10.3 Å². The number of thiocarbonyl (C=S) groups is 1. The van der Waals surface area contributed by atoms with Gasteiger partial charge in [0, 0.05) is 36.7 Å². The largest absolute Gasteiger partial charge is 0.392 e. The number of likely N-dealkylation sites (N-methyl/N-ethyl adjacent to an activating group) is 1. The highest BCUT2D eigenvalue weighted by Crippen LogP contribution is 2.22. The summed E-state index contributed by atoms with van der Waals surface area (Å²) in [5.74, 6) is -1.18. The minimum Gasteiger partial charge on any atom is -0.392 e. The van der Waals surface area contributed by atoms with E-state index in [0.29, 0.717) is 35.3 Å². The Morgan fingerprint density at radius 1 is 1.38 bits per heavy atom. The van der Waals surface area contributed by atoms with Crippen molar-refractivity contribution >= 4 is 33.8 Å². The van der Waals surface area contributed by atoms with Gasteiger partial charge in [0.2, 0.25) is 0 Å². The van der Waals surface area contributed by atoms with Crippen molar-refractivity contribution in [2.75, 3.05) is 18.4 Å². The van der Waals surface area contributed by atoms with Crippen LogP contribution in [-0.4, -0.2) is 39.3 Å². The quantitative estimate of drug-likeness (QED) is 0.762. The number of hydrogen-bond acceptors (Lipinski definition) is 4. The summed E-state index contributed by atoms with van der Waals surface area (Å²) in [6, 6.07) is 3.47. The first kappa shape index (κ1) is 18.7. The summed E-state index contributed by atoms with van der Waals surface area (Å²) in [6.07, 6.45) is 1.56. The Kier molecular flexibility index (Phi) is 6.59. The van der Waals surface area contributed by atoms with Gasteiger partial charge in [-0.2, -0.15) is 0 Å². The molecule has 0 aliphatic heterocycles. The first-order valence-electron chi connectivity index (χ1n) is 7.51. The Labute approximate surface area is 149 Å². The summed E-state index contributed by atoms with van der Waals surface area (Å²) in [5, 5.41) is 13.6. The highest BCUT2D eigenvalue weighted by molar-refractivity contribution is 7.80. The maximum atomic E-state index is 13.2. The molecule has 0 bridgehead atoms. The number of benzene rings is 1. The topological polar surface area (TPSA) is 48.4 Å². The standard InChI is InChI=1S/C16H19F2N3OS2/c1-3-21(9-10(2)22)16(23)20-15-19-8-14(24-15)6-11-4-12(17)7-13(18)5-11/h4-5,7-8,10,22H,3,6,9H2,1-2H3,(H,19,20,23)/t10-/m0/s1. The molecule has 1 aromatic heterocycles. The van der Waals surface area contributed by atoms with E-state index in [0.717, 1.165) is 10.9 Å². The molecule has 0 unspecified atom stereocenters. The first-order valence-corrected chi connectivity index (χ1v) is 8.73. The van der Waals surface area contributed by atoms with Crippen LogP contribution in [0.25, 0.3) is 0 Å². The van der Waals surface area contributed by atoms with Crippen LogP contribution in [-0.2, 0) is 6.42 Å². The lowest BCUT2D eigenvalue weighted by molar-refractivity contribution is 0.162. The fourth-order valence-corrected chi connectivity index (χ4v) is 3.42. The van der Waals surface area contributed by atoms with E-state index >= 15 is 0 Å². The number of aliphatic hydroxyl groups excluding tert-OH is 1. The van der Waals surface area contributed by atoms with Crippen LogP contribution in [0.2, 0.25) is 0 Å². The van der Waals surface area contributed by atoms with Gasteiger partial charge in [0.25, 0.3) is 0 Å². The van der Waals surface area contributed by atoms with Gasteiger partial charge in [-0.3, -0.25) is 0 Å². The van der Waals surface area contributed by atoms with Crippen molar-refractivity contribution in [3.05, 3.63) is 46.5 Å². The van der Waals surface area contributed by atoms with Crippen molar-refractivity contribution < 1.29 is 13.9 Å². The monoisotopic (exact) mass is 371 g/mol. The summed E-state index contributed by atoms with van der Waals surface area (Å²) in [4.78, 5) is 6.94. The van der Waals surface area contributed by atoms with Gasteiger partial charge in [-0.05, 0) is 43.8 Å². The number of nitrogens with one attached hydrogen (secondary N) is 1. The molecule has 0 radical (unpaired) electrons. The van der Waals surface area contributed by atoms with Crippen molar-refractivity contribution in [1.29, 1.82) is 0 Å². The van der Waals surface area contributed by atoms with Gasteiger partial charge in [0.15, 0.2) is 10.2 Å². The molecule has 0 fully saturated rings. The third-order valence-corrected chi connectivity index (χ3v) is 4.49. The zero-order valence-electron chi connectivity index (χ0n) is 13.4. The Morgan fingerprint density at radius 3 is 2.62 bits per heavy atom. The summed E-state index contributed by atoms with van der Waals surface area (Å²) >= 11 is 6.69. The highest BCUT2D eigenvalue weighted by Gasteiger charge is 2.12. The van der Waals surface area contributed by atoms with Crippen LogP contribution in [0.5, 0.6) is 0 Å². The number of nitrogens with zero attached hydrogens (tertiary/aromatic N) is 2. The molecule has 1 atom stereocenters. The van der Waals surface area contributed by atoms with Gasteiger partial charge in [0.1, 0.15) is 11.6 Å². The summed E-state index contributed by atoms with van der Waals surface area (Å²) in [5.41, 5.74) is 0.551. The highest BCUT2D eigenvalue weighted by atomic mass is 32.1. The van der Waals surface area contributed by atoms with Gasteiger partial charge in [-0.25, -0.2) is 13.8 Å². The van der Waals surface area contributed by atoms with E-state index in [9.17, 15) is 13.9 Å². The van der Waals surface area contributed by atoms with Crippen molar-refractivity contribution in [3.63, 3.8) is 0 Å². The smallest absolute Gasteiger partial charge is 0.189 e. The van der Waals surface area contributed by atoms with Crippen molar-refractivity contribution in [3.8, 4) is 0 Å². The van der Waals surface area contributed by atoms with E-state index in [1.807, 2.05) is 11.8 Å². The second kappa shape index (κ2) is 8.46. The number of hydrogen-bond donors (Lipinski definition) is 2. The number of thiazole rings is 1. The summed E-state index contributed by atoms with van der Waals surface area (Å²) in [6.45, 7) is 4.74. The molecule has 0 aliphatic rings. The lowest BCUT2D eigenvalue weighted by Crippen LogP contribution is -2.39. The average molecular weight is 371 g/mol. The van der Waals surface area contributed by atoms with Gasteiger partial charge >= 0.3 is 0 Å². The minimum atomic E-state index is -0.592. The second-order valence-electron chi connectivity index (χ2n) is 5.40. The van der Waals surface area contributed by atoms with E-state index in [1.165, 1.54) is 23.5 Å². The van der Waals surface area contributed by atoms with E-state index in [1.54, 1.807) is 13.1 Å². The molecule has 130 valence electrons. The Hall–Kier alpha value is -1.64. The van der Waals surface area contributed by atoms with Crippen molar-refractivity contribution in [2.24, 2.45) is 0 Å². The van der Waals surface area contributed by atoms with Crippen LogP contribution in [0.15, 0.2) is 24.4 Å². The minimum absolute atomic E-state index is 0.395. The molecule has 4 nitrogen and oxygen atoms in total. The molecule has 0 saturated carbocycles. The predicted octanol–water partition coefficient (Wildman–Crippen LogP) is 3.41.